The maximum absolute atomic E-state index is 12.0. The van der Waals surface area contributed by atoms with Crippen LogP contribution in [0.5, 0.6) is 0 Å². The molecule has 1 aromatic carbocycles. The molecule has 3 N–H and O–H groups in total. The molecule has 102 valence electrons. The van der Waals surface area contributed by atoms with E-state index in [0.29, 0.717) is 23.5 Å². The van der Waals surface area contributed by atoms with Gasteiger partial charge in [0, 0.05) is 17.8 Å². The van der Waals surface area contributed by atoms with Gasteiger partial charge in [0.25, 0.3) is 5.91 Å². The molecule has 0 unspecified atom stereocenters. The van der Waals surface area contributed by atoms with Crippen LogP contribution in [-0.2, 0) is 6.54 Å². The lowest BCUT2D eigenvalue weighted by Crippen LogP contribution is -2.30. The van der Waals surface area contributed by atoms with Crippen LogP contribution in [0.3, 0.4) is 0 Å². The normalized spacial score (nSPS) is 10.9. The number of rotatable bonds is 3. The molecule has 1 amide bonds. The number of nitrogen functional groups attached to an aromatic ring is 1. The van der Waals surface area contributed by atoms with Gasteiger partial charge in [-0.25, -0.2) is 10.8 Å². The zero-order valence-corrected chi connectivity index (χ0v) is 11.0. The first-order valence-electron chi connectivity index (χ1n) is 6.20. The molecule has 0 aliphatic heterocycles. The number of aryl methyl sites for hydroxylation is 1. The van der Waals surface area contributed by atoms with E-state index in [9.17, 15) is 4.79 Å². The number of benzene rings is 1. The van der Waals surface area contributed by atoms with Crippen molar-refractivity contribution in [3.05, 3.63) is 53.8 Å². The average Bonchev–Trinajstić information content (AvgIpc) is 3.02. The van der Waals surface area contributed by atoms with Crippen molar-refractivity contribution in [3.63, 3.8) is 0 Å². The highest BCUT2D eigenvalue weighted by Crippen LogP contribution is 2.26. The summed E-state index contributed by atoms with van der Waals surface area (Å²) in [5.74, 6) is 6.32. The first kappa shape index (κ1) is 12.4. The van der Waals surface area contributed by atoms with E-state index in [1.807, 2.05) is 42.0 Å². The van der Waals surface area contributed by atoms with Crippen molar-refractivity contribution in [1.82, 2.24) is 15.0 Å². The summed E-state index contributed by atoms with van der Waals surface area (Å²) in [6.07, 6.45) is 3.55. The summed E-state index contributed by atoms with van der Waals surface area (Å²) < 4.78 is 7.69. The fraction of sp³-hybridized carbons (Fsp3) is 0.143. The van der Waals surface area contributed by atoms with Crippen molar-refractivity contribution in [1.29, 1.82) is 0 Å². The highest BCUT2D eigenvalue weighted by atomic mass is 16.3. The van der Waals surface area contributed by atoms with Crippen molar-refractivity contribution in [2.24, 2.45) is 5.84 Å². The zero-order valence-electron chi connectivity index (χ0n) is 11.0. The fourth-order valence-corrected chi connectivity index (χ4v) is 2.25. The first-order chi connectivity index (χ1) is 9.70. The number of furan rings is 1. The third-order valence-corrected chi connectivity index (χ3v) is 3.26. The Hall–Kier alpha value is -2.60. The maximum atomic E-state index is 12.0. The number of hydrogen-bond acceptors (Lipinski definition) is 4. The quantitative estimate of drug-likeness (QED) is 0.430. The monoisotopic (exact) mass is 270 g/mol. The number of para-hydroxylation sites is 1. The molecule has 20 heavy (non-hydrogen) atoms. The van der Waals surface area contributed by atoms with Crippen LogP contribution in [0.2, 0.25) is 0 Å². The van der Waals surface area contributed by atoms with Gasteiger partial charge in [0.2, 0.25) is 0 Å². The second-order valence-corrected chi connectivity index (χ2v) is 4.47. The van der Waals surface area contributed by atoms with Gasteiger partial charge >= 0.3 is 0 Å². The summed E-state index contributed by atoms with van der Waals surface area (Å²) in [6, 6.07) is 7.39. The minimum Gasteiger partial charge on any atom is -0.458 e. The van der Waals surface area contributed by atoms with Gasteiger partial charge < -0.3 is 8.98 Å². The summed E-state index contributed by atoms with van der Waals surface area (Å²) in [5.41, 5.74) is 3.30. The van der Waals surface area contributed by atoms with Crippen LogP contribution in [0.15, 0.2) is 41.1 Å². The van der Waals surface area contributed by atoms with Crippen molar-refractivity contribution in [3.8, 4) is 0 Å². The van der Waals surface area contributed by atoms with Crippen molar-refractivity contribution >= 4 is 16.9 Å². The molecule has 3 rings (SSSR count). The van der Waals surface area contributed by atoms with Gasteiger partial charge in [-0.1, -0.05) is 18.2 Å². The molecule has 0 fully saturated rings. The van der Waals surface area contributed by atoms with Crippen molar-refractivity contribution in [2.45, 2.75) is 13.5 Å². The van der Waals surface area contributed by atoms with E-state index in [4.69, 9.17) is 10.3 Å². The zero-order chi connectivity index (χ0) is 14.1. The van der Waals surface area contributed by atoms with Gasteiger partial charge in [-0.05, 0) is 13.0 Å². The predicted octanol–water partition coefficient (Wildman–Crippen LogP) is 1.59. The van der Waals surface area contributed by atoms with E-state index in [2.05, 4.69) is 10.4 Å². The molecule has 2 aromatic heterocycles. The smallest absolute Gasteiger partial charge is 0.269 e. The van der Waals surface area contributed by atoms with Crippen LogP contribution in [0.4, 0.5) is 0 Å². The topological polar surface area (TPSA) is 86.1 Å². The van der Waals surface area contributed by atoms with Crippen LogP contribution in [-0.4, -0.2) is 15.5 Å². The summed E-state index contributed by atoms with van der Waals surface area (Å²) in [5, 5.41) is 0.753. The lowest BCUT2D eigenvalue weighted by atomic mass is 10.1. The number of nitrogens with one attached hydrogen (secondary N) is 1. The Balaban J connectivity index is 2.14. The minimum absolute atomic E-state index is 0.359. The van der Waals surface area contributed by atoms with E-state index in [-0.39, 0.29) is 5.91 Å². The second-order valence-electron chi connectivity index (χ2n) is 4.47. The minimum atomic E-state index is -0.359. The van der Waals surface area contributed by atoms with Crippen LogP contribution >= 0.6 is 0 Å². The Labute approximate surface area is 115 Å². The SMILES string of the molecule is Cc1nccn1Cc1oc2ccccc2c1C(=O)NN. The Bertz CT molecular complexity index is 772. The second kappa shape index (κ2) is 4.82. The summed E-state index contributed by atoms with van der Waals surface area (Å²) in [7, 11) is 0. The number of carbonyl (C=O) groups excluding carboxylic acids is 1. The van der Waals surface area contributed by atoms with Crippen LogP contribution < -0.4 is 11.3 Å². The molecule has 0 saturated heterocycles. The molecular weight excluding hydrogens is 256 g/mol. The number of hydrogen-bond donors (Lipinski definition) is 2. The summed E-state index contributed by atoms with van der Waals surface area (Å²) in [6.45, 7) is 2.33. The van der Waals surface area contributed by atoms with E-state index in [1.165, 1.54) is 0 Å². The molecule has 0 aliphatic carbocycles. The Morgan fingerprint density at radius 3 is 2.95 bits per heavy atom. The predicted molar refractivity (Wildman–Crippen MR) is 73.9 cm³/mol. The van der Waals surface area contributed by atoms with Crippen LogP contribution in [0.1, 0.15) is 21.9 Å². The van der Waals surface area contributed by atoms with Gasteiger partial charge in [-0.3, -0.25) is 10.2 Å². The van der Waals surface area contributed by atoms with Crippen LogP contribution in [0.25, 0.3) is 11.0 Å². The Morgan fingerprint density at radius 1 is 1.45 bits per heavy atom. The van der Waals surface area contributed by atoms with Gasteiger partial charge in [-0.2, -0.15) is 0 Å². The lowest BCUT2D eigenvalue weighted by molar-refractivity contribution is 0.0953. The molecule has 0 saturated carbocycles. The van der Waals surface area contributed by atoms with Gasteiger partial charge in [0.15, 0.2) is 0 Å². The molecule has 0 aliphatic rings. The molecule has 0 bridgehead atoms. The van der Waals surface area contributed by atoms with E-state index in [1.54, 1.807) is 6.20 Å². The number of imidazole rings is 1. The number of amides is 1. The summed E-state index contributed by atoms with van der Waals surface area (Å²) in [4.78, 5) is 16.2. The largest absolute Gasteiger partial charge is 0.458 e. The van der Waals surface area contributed by atoms with Crippen molar-refractivity contribution < 1.29 is 9.21 Å². The van der Waals surface area contributed by atoms with Crippen LogP contribution in [0, 0.1) is 6.92 Å². The molecule has 6 heteroatoms. The van der Waals surface area contributed by atoms with Crippen molar-refractivity contribution in [2.75, 3.05) is 0 Å². The lowest BCUT2D eigenvalue weighted by Gasteiger charge is -2.04. The number of fused-ring (bicyclic) bond motifs is 1. The van der Waals surface area contributed by atoms with Gasteiger partial charge in [0.05, 0.1) is 12.1 Å². The maximum Gasteiger partial charge on any atom is 0.269 e. The van der Waals surface area contributed by atoms with Gasteiger partial charge in [-0.15, -0.1) is 0 Å². The van der Waals surface area contributed by atoms with E-state index in [0.717, 1.165) is 11.2 Å². The van der Waals surface area contributed by atoms with Gasteiger partial charge in [0.1, 0.15) is 17.2 Å². The third-order valence-electron chi connectivity index (χ3n) is 3.26. The highest BCUT2D eigenvalue weighted by molar-refractivity contribution is 6.07. The number of carbonyl (C=O) groups is 1. The standard InChI is InChI=1S/C14H14N4O2/c1-9-16-6-7-18(9)8-12-13(14(19)17-15)10-4-2-3-5-11(10)20-12/h2-7H,8,15H2,1H3,(H,17,19). The molecule has 3 aromatic rings. The number of hydrazine groups is 1. The highest BCUT2D eigenvalue weighted by Gasteiger charge is 2.20. The molecule has 6 nitrogen and oxygen atoms in total. The summed E-state index contributed by atoms with van der Waals surface area (Å²) >= 11 is 0. The average molecular weight is 270 g/mol. The Kier molecular flexibility index (Phi) is 3.00. The molecule has 0 spiro atoms. The first-order valence-corrected chi connectivity index (χ1v) is 6.20. The van der Waals surface area contributed by atoms with E-state index >= 15 is 0 Å². The number of nitrogens with zero attached hydrogens (tertiary/aromatic N) is 2. The van der Waals surface area contributed by atoms with E-state index < -0.39 is 0 Å². The number of nitrogens with two attached hydrogens (primary N) is 1. The molecule has 0 radical (unpaired) electrons. The molecule has 0 atom stereocenters. The molecule has 2 heterocycles. The fourth-order valence-electron chi connectivity index (χ4n) is 2.25. The Morgan fingerprint density at radius 2 is 2.25 bits per heavy atom. The molecular formula is C14H14N4O2. The number of aromatic nitrogens is 2. The third kappa shape index (κ3) is 1.96.